The molecule has 0 unspecified atom stereocenters. The molecule has 1 saturated heterocycles. The molecule has 0 bridgehead atoms. The molecule has 1 aliphatic heterocycles. The number of aromatic carboxylic acids is 1. The first-order valence-corrected chi connectivity index (χ1v) is 10.6. The summed E-state index contributed by atoms with van der Waals surface area (Å²) in [6, 6.07) is 13.3. The average Bonchev–Trinajstić information content (AvgIpc) is 2.82. The highest BCUT2D eigenvalue weighted by atomic mass is 35.5. The Morgan fingerprint density at radius 1 is 0.909 bits per heavy atom. The van der Waals surface area contributed by atoms with E-state index in [2.05, 4.69) is 14.9 Å². The standard InChI is InChI=1S/C23H21ClN4O5/c24-17-2-8-21(26-14-17)32-19-4-6-20(7-5-19)33-23(31)28-11-9-27(10-12-28)15-18-3-1-16(13-25-18)22(29)30/h1-8,13-14H,9-12,15H2,(H,29,30). The third-order valence-electron chi connectivity index (χ3n) is 5.04. The van der Waals surface area contributed by atoms with E-state index in [-0.39, 0.29) is 5.56 Å². The first-order chi connectivity index (χ1) is 16.0. The van der Waals surface area contributed by atoms with Crippen molar-refractivity contribution in [3.8, 4) is 17.4 Å². The summed E-state index contributed by atoms with van der Waals surface area (Å²) in [6.45, 7) is 2.97. The zero-order chi connectivity index (χ0) is 23.2. The number of hydrogen-bond acceptors (Lipinski definition) is 7. The number of amides is 1. The molecule has 0 saturated carbocycles. The van der Waals surface area contributed by atoms with Crippen LogP contribution in [0, 0.1) is 0 Å². The predicted octanol–water partition coefficient (Wildman–Crippen LogP) is 3.94. The van der Waals surface area contributed by atoms with Crippen LogP contribution in [-0.4, -0.2) is 63.1 Å². The Labute approximate surface area is 195 Å². The van der Waals surface area contributed by atoms with Crippen molar-refractivity contribution in [2.45, 2.75) is 6.54 Å². The first-order valence-electron chi connectivity index (χ1n) is 10.2. The predicted molar refractivity (Wildman–Crippen MR) is 120 cm³/mol. The molecule has 0 aliphatic carbocycles. The van der Waals surface area contributed by atoms with E-state index in [1.807, 2.05) is 0 Å². The number of piperazine rings is 1. The number of carboxylic acids is 1. The van der Waals surface area contributed by atoms with Gasteiger partial charge in [0, 0.05) is 51.2 Å². The van der Waals surface area contributed by atoms with Gasteiger partial charge in [-0.15, -0.1) is 0 Å². The molecule has 0 spiro atoms. The summed E-state index contributed by atoms with van der Waals surface area (Å²) in [4.78, 5) is 35.5. The Kier molecular flexibility index (Phi) is 7.01. The molecule has 1 amide bonds. The largest absolute Gasteiger partial charge is 0.478 e. The van der Waals surface area contributed by atoms with Crippen LogP contribution in [0.3, 0.4) is 0 Å². The van der Waals surface area contributed by atoms with Gasteiger partial charge in [-0.2, -0.15) is 0 Å². The fraction of sp³-hybridized carbons (Fsp3) is 0.217. The van der Waals surface area contributed by atoms with Crippen LogP contribution in [0.2, 0.25) is 5.02 Å². The summed E-state index contributed by atoms with van der Waals surface area (Å²) in [5.74, 6) is 0.391. The van der Waals surface area contributed by atoms with Crippen molar-refractivity contribution in [2.75, 3.05) is 26.2 Å². The third kappa shape index (κ3) is 6.18. The number of halogens is 1. The van der Waals surface area contributed by atoms with Crippen molar-refractivity contribution >= 4 is 23.7 Å². The van der Waals surface area contributed by atoms with Crippen LogP contribution in [0.25, 0.3) is 0 Å². The molecule has 1 aromatic carbocycles. The Morgan fingerprint density at radius 3 is 2.24 bits per heavy atom. The van der Waals surface area contributed by atoms with Crippen molar-refractivity contribution in [3.05, 3.63) is 77.2 Å². The van der Waals surface area contributed by atoms with Crippen molar-refractivity contribution in [3.63, 3.8) is 0 Å². The summed E-state index contributed by atoms with van der Waals surface area (Å²) in [6.07, 6.45) is 2.44. The van der Waals surface area contributed by atoms with Gasteiger partial charge in [0.1, 0.15) is 11.5 Å². The van der Waals surface area contributed by atoms with Crippen LogP contribution in [0.5, 0.6) is 17.4 Å². The summed E-state index contributed by atoms with van der Waals surface area (Å²) in [7, 11) is 0. The van der Waals surface area contributed by atoms with Crippen molar-refractivity contribution < 1.29 is 24.2 Å². The fourth-order valence-electron chi connectivity index (χ4n) is 3.25. The van der Waals surface area contributed by atoms with Gasteiger partial charge in [0.05, 0.1) is 16.3 Å². The van der Waals surface area contributed by atoms with E-state index in [9.17, 15) is 9.59 Å². The van der Waals surface area contributed by atoms with Gasteiger partial charge in [0.2, 0.25) is 5.88 Å². The number of benzene rings is 1. The van der Waals surface area contributed by atoms with Crippen molar-refractivity contribution in [1.29, 1.82) is 0 Å². The molecule has 2 aromatic heterocycles. The molecule has 10 heteroatoms. The number of nitrogens with zero attached hydrogens (tertiary/aromatic N) is 4. The fourth-order valence-corrected chi connectivity index (χ4v) is 3.36. The molecule has 33 heavy (non-hydrogen) atoms. The zero-order valence-corrected chi connectivity index (χ0v) is 18.3. The van der Waals surface area contributed by atoms with Crippen LogP contribution in [0.4, 0.5) is 4.79 Å². The number of hydrogen-bond donors (Lipinski definition) is 1. The van der Waals surface area contributed by atoms with E-state index in [1.165, 1.54) is 12.4 Å². The lowest BCUT2D eigenvalue weighted by molar-refractivity contribution is 0.0696. The Hall–Kier alpha value is -3.69. The average molecular weight is 469 g/mol. The molecule has 0 atom stereocenters. The van der Waals surface area contributed by atoms with Gasteiger partial charge in [0.15, 0.2) is 0 Å². The second-order valence-corrected chi connectivity index (χ2v) is 7.80. The van der Waals surface area contributed by atoms with E-state index in [0.717, 1.165) is 5.69 Å². The quantitative estimate of drug-likeness (QED) is 0.580. The smallest absolute Gasteiger partial charge is 0.415 e. The molecule has 3 aromatic rings. The highest BCUT2D eigenvalue weighted by Gasteiger charge is 2.23. The lowest BCUT2D eigenvalue weighted by Gasteiger charge is -2.33. The lowest BCUT2D eigenvalue weighted by Crippen LogP contribution is -2.49. The number of carbonyl (C=O) groups excluding carboxylic acids is 1. The molecule has 170 valence electrons. The Bertz CT molecular complexity index is 1100. The van der Waals surface area contributed by atoms with Gasteiger partial charge in [-0.1, -0.05) is 11.6 Å². The highest BCUT2D eigenvalue weighted by molar-refractivity contribution is 6.30. The van der Waals surface area contributed by atoms with E-state index < -0.39 is 12.1 Å². The lowest BCUT2D eigenvalue weighted by atomic mass is 10.2. The van der Waals surface area contributed by atoms with Crippen LogP contribution < -0.4 is 9.47 Å². The Balaban J connectivity index is 1.24. The minimum absolute atomic E-state index is 0.160. The van der Waals surface area contributed by atoms with E-state index in [1.54, 1.807) is 53.4 Å². The van der Waals surface area contributed by atoms with Crippen LogP contribution >= 0.6 is 11.6 Å². The molecule has 1 aliphatic rings. The van der Waals surface area contributed by atoms with Crippen molar-refractivity contribution in [2.24, 2.45) is 0 Å². The molecule has 1 fully saturated rings. The van der Waals surface area contributed by atoms with Crippen LogP contribution in [0.1, 0.15) is 16.1 Å². The van der Waals surface area contributed by atoms with E-state index in [0.29, 0.717) is 55.1 Å². The van der Waals surface area contributed by atoms with Crippen LogP contribution in [-0.2, 0) is 6.54 Å². The second kappa shape index (κ2) is 10.3. The minimum atomic E-state index is -0.998. The molecule has 1 N–H and O–H groups in total. The number of ether oxygens (including phenoxy) is 2. The van der Waals surface area contributed by atoms with Crippen molar-refractivity contribution in [1.82, 2.24) is 19.8 Å². The molecule has 4 rings (SSSR count). The van der Waals surface area contributed by atoms with Gasteiger partial charge in [0.25, 0.3) is 0 Å². The van der Waals surface area contributed by atoms with Gasteiger partial charge in [-0.25, -0.2) is 14.6 Å². The maximum atomic E-state index is 12.5. The maximum absolute atomic E-state index is 12.5. The number of carboxylic acid groups (broad SMARTS) is 1. The van der Waals surface area contributed by atoms with Gasteiger partial charge in [-0.3, -0.25) is 9.88 Å². The molecule has 3 heterocycles. The number of pyridine rings is 2. The van der Waals surface area contributed by atoms with E-state index >= 15 is 0 Å². The minimum Gasteiger partial charge on any atom is -0.478 e. The highest BCUT2D eigenvalue weighted by Crippen LogP contribution is 2.23. The monoisotopic (exact) mass is 468 g/mol. The molecule has 9 nitrogen and oxygen atoms in total. The van der Waals surface area contributed by atoms with Crippen LogP contribution in [0.15, 0.2) is 60.9 Å². The third-order valence-corrected chi connectivity index (χ3v) is 5.26. The van der Waals surface area contributed by atoms with Gasteiger partial charge < -0.3 is 19.5 Å². The van der Waals surface area contributed by atoms with Gasteiger partial charge >= 0.3 is 12.1 Å². The molecular weight excluding hydrogens is 448 g/mol. The normalized spacial score (nSPS) is 14.0. The topological polar surface area (TPSA) is 105 Å². The summed E-state index contributed by atoms with van der Waals surface area (Å²) >= 11 is 5.81. The van der Waals surface area contributed by atoms with Gasteiger partial charge in [-0.05, 0) is 42.5 Å². The number of carbonyl (C=O) groups is 2. The summed E-state index contributed by atoms with van der Waals surface area (Å²) in [5, 5.41) is 9.48. The zero-order valence-electron chi connectivity index (χ0n) is 17.6. The molecular formula is C23H21ClN4O5. The first kappa shape index (κ1) is 22.5. The molecule has 0 radical (unpaired) electrons. The summed E-state index contributed by atoms with van der Waals surface area (Å²) < 4.78 is 11.1. The maximum Gasteiger partial charge on any atom is 0.415 e. The number of rotatable bonds is 6. The number of aromatic nitrogens is 2. The SMILES string of the molecule is O=C(O)c1ccc(CN2CCN(C(=O)Oc3ccc(Oc4ccc(Cl)cn4)cc3)CC2)nc1. The summed E-state index contributed by atoms with van der Waals surface area (Å²) in [5.41, 5.74) is 0.944. The second-order valence-electron chi connectivity index (χ2n) is 7.36. The van der Waals surface area contributed by atoms with E-state index in [4.69, 9.17) is 26.2 Å². The Morgan fingerprint density at radius 2 is 1.64 bits per heavy atom.